The molecule has 0 spiro atoms. The van der Waals surface area contributed by atoms with Crippen LogP contribution < -0.4 is 4.74 Å². The Bertz CT molecular complexity index is 966. The van der Waals surface area contributed by atoms with Crippen molar-refractivity contribution in [1.29, 1.82) is 0 Å². The number of aryl methyl sites for hydroxylation is 1. The smallest absolute Gasteiger partial charge is 0.255 e. The Morgan fingerprint density at radius 3 is 2.69 bits per heavy atom. The third kappa shape index (κ3) is 4.16. The van der Waals surface area contributed by atoms with Gasteiger partial charge in [0.1, 0.15) is 5.82 Å². The highest BCUT2D eigenvalue weighted by atomic mass is 16.5. The fourth-order valence-electron chi connectivity index (χ4n) is 3.98. The third-order valence-electron chi connectivity index (χ3n) is 5.53. The Morgan fingerprint density at radius 2 is 1.97 bits per heavy atom. The molecular weight excluding hydrogens is 364 g/mol. The Hall–Kier alpha value is -3.15. The van der Waals surface area contributed by atoms with Gasteiger partial charge in [0.2, 0.25) is 5.88 Å². The molecule has 3 heterocycles. The molecule has 29 heavy (non-hydrogen) atoms. The van der Waals surface area contributed by atoms with Crippen LogP contribution in [0.25, 0.3) is 11.4 Å². The Kier molecular flexibility index (Phi) is 5.60. The lowest BCUT2D eigenvalue weighted by Crippen LogP contribution is -2.41. The number of benzene rings is 1. The number of imidazole rings is 1. The number of piperidine rings is 1. The predicted octanol–water partition coefficient (Wildman–Crippen LogP) is 3.81. The van der Waals surface area contributed by atoms with Gasteiger partial charge in [-0.25, -0.2) is 9.97 Å². The molecule has 1 aliphatic rings. The van der Waals surface area contributed by atoms with Gasteiger partial charge in [-0.2, -0.15) is 0 Å². The van der Waals surface area contributed by atoms with Gasteiger partial charge in [0.15, 0.2) is 0 Å². The van der Waals surface area contributed by atoms with E-state index in [0.29, 0.717) is 17.4 Å². The molecule has 1 amide bonds. The minimum Gasteiger partial charge on any atom is -0.481 e. The van der Waals surface area contributed by atoms with Gasteiger partial charge in [-0.3, -0.25) is 4.79 Å². The number of rotatable bonds is 5. The van der Waals surface area contributed by atoms with Crippen LogP contribution in [0.1, 0.15) is 28.9 Å². The monoisotopic (exact) mass is 390 g/mol. The Balaban J connectivity index is 1.48. The van der Waals surface area contributed by atoms with Crippen LogP contribution in [-0.2, 0) is 6.54 Å². The van der Waals surface area contributed by atoms with Crippen molar-refractivity contribution in [3.8, 4) is 17.3 Å². The van der Waals surface area contributed by atoms with Gasteiger partial charge in [-0.05, 0) is 31.7 Å². The highest BCUT2D eigenvalue weighted by molar-refractivity contribution is 5.94. The summed E-state index contributed by atoms with van der Waals surface area (Å²) in [5.41, 5.74) is 2.87. The van der Waals surface area contributed by atoms with Crippen LogP contribution >= 0.6 is 0 Å². The van der Waals surface area contributed by atoms with Crippen LogP contribution in [0.2, 0.25) is 0 Å². The minimum atomic E-state index is 0.0375. The zero-order valence-corrected chi connectivity index (χ0v) is 16.9. The molecule has 150 valence electrons. The van der Waals surface area contributed by atoms with E-state index in [0.717, 1.165) is 49.6 Å². The summed E-state index contributed by atoms with van der Waals surface area (Å²) < 4.78 is 7.37. The quantitative estimate of drug-likeness (QED) is 0.665. The van der Waals surface area contributed by atoms with Gasteiger partial charge < -0.3 is 14.2 Å². The minimum absolute atomic E-state index is 0.0375. The molecule has 1 saturated heterocycles. The zero-order chi connectivity index (χ0) is 20.2. The number of hydrogen-bond acceptors (Lipinski definition) is 4. The maximum Gasteiger partial charge on any atom is 0.255 e. The van der Waals surface area contributed by atoms with Gasteiger partial charge in [-0.1, -0.05) is 30.3 Å². The molecule has 4 rings (SSSR count). The first kappa shape index (κ1) is 19.2. The molecule has 0 saturated carbocycles. The first-order valence-electron chi connectivity index (χ1n) is 10.0. The first-order chi connectivity index (χ1) is 14.2. The van der Waals surface area contributed by atoms with Crippen molar-refractivity contribution in [3.63, 3.8) is 0 Å². The van der Waals surface area contributed by atoms with E-state index in [9.17, 15) is 4.79 Å². The number of amides is 1. The lowest BCUT2D eigenvalue weighted by Gasteiger charge is -2.33. The van der Waals surface area contributed by atoms with Crippen LogP contribution in [0.3, 0.4) is 0 Å². The topological polar surface area (TPSA) is 60.2 Å². The van der Waals surface area contributed by atoms with E-state index in [1.807, 2.05) is 29.3 Å². The van der Waals surface area contributed by atoms with Crippen LogP contribution in [0.5, 0.6) is 5.88 Å². The molecule has 2 aromatic heterocycles. The van der Waals surface area contributed by atoms with Gasteiger partial charge in [0.25, 0.3) is 5.91 Å². The third-order valence-corrected chi connectivity index (χ3v) is 5.53. The molecule has 3 aromatic rings. The van der Waals surface area contributed by atoms with Gasteiger partial charge in [0.05, 0.1) is 12.7 Å². The maximum absolute atomic E-state index is 12.9. The lowest BCUT2D eigenvalue weighted by molar-refractivity contribution is 0.0662. The molecule has 0 radical (unpaired) electrons. The number of pyridine rings is 1. The van der Waals surface area contributed by atoms with E-state index in [2.05, 4.69) is 33.6 Å². The summed E-state index contributed by atoms with van der Waals surface area (Å²) in [5.74, 6) is 1.94. The normalized spacial score (nSPS) is 16.6. The van der Waals surface area contributed by atoms with E-state index in [1.165, 1.54) is 0 Å². The van der Waals surface area contributed by atoms with Gasteiger partial charge >= 0.3 is 0 Å². The van der Waals surface area contributed by atoms with E-state index in [1.54, 1.807) is 25.4 Å². The Labute approximate surface area is 171 Å². The average molecular weight is 390 g/mol. The summed E-state index contributed by atoms with van der Waals surface area (Å²) >= 11 is 0. The lowest BCUT2D eigenvalue weighted by atomic mass is 9.97. The Morgan fingerprint density at radius 1 is 1.14 bits per heavy atom. The standard InChI is InChI=1S/C23H26N4O2/c1-17-13-25-22(19-8-4-3-5-9-19)27(17)16-18-7-6-12-26(15-18)23(28)20-10-11-21(29-2)24-14-20/h3-5,8-11,13-14,18H,6-7,12,15-16H2,1-2H3. The van der Waals surface area contributed by atoms with Crippen molar-refractivity contribution in [3.05, 3.63) is 66.1 Å². The number of aromatic nitrogens is 3. The number of carbonyl (C=O) groups excluding carboxylic acids is 1. The molecule has 6 nitrogen and oxygen atoms in total. The van der Waals surface area contributed by atoms with Crippen LogP contribution in [0.4, 0.5) is 0 Å². The maximum atomic E-state index is 12.9. The molecule has 6 heteroatoms. The molecule has 1 atom stereocenters. The average Bonchev–Trinajstić information content (AvgIpc) is 3.14. The summed E-state index contributed by atoms with van der Waals surface area (Å²) in [6, 6.07) is 13.8. The number of likely N-dealkylation sites (tertiary alicyclic amines) is 1. The molecule has 0 N–H and O–H groups in total. The van der Waals surface area contributed by atoms with E-state index < -0.39 is 0 Å². The van der Waals surface area contributed by atoms with E-state index >= 15 is 0 Å². The summed E-state index contributed by atoms with van der Waals surface area (Å²) in [7, 11) is 1.57. The van der Waals surface area contributed by atoms with Crippen LogP contribution in [0.15, 0.2) is 54.9 Å². The van der Waals surface area contributed by atoms with Crippen molar-refractivity contribution in [1.82, 2.24) is 19.4 Å². The molecule has 1 unspecified atom stereocenters. The van der Waals surface area contributed by atoms with Crippen molar-refractivity contribution in [2.75, 3.05) is 20.2 Å². The van der Waals surface area contributed by atoms with Gasteiger partial charge in [-0.15, -0.1) is 0 Å². The summed E-state index contributed by atoms with van der Waals surface area (Å²) in [6.07, 6.45) is 5.64. The number of ether oxygens (including phenoxy) is 1. The van der Waals surface area contributed by atoms with E-state index in [-0.39, 0.29) is 5.91 Å². The largest absolute Gasteiger partial charge is 0.481 e. The zero-order valence-electron chi connectivity index (χ0n) is 16.9. The first-order valence-corrected chi connectivity index (χ1v) is 10.0. The van der Waals surface area contributed by atoms with Crippen LogP contribution in [0, 0.1) is 12.8 Å². The molecule has 1 fully saturated rings. The summed E-state index contributed by atoms with van der Waals surface area (Å²) in [4.78, 5) is 23.7. The second-order valence-electron chi connectivity index (χ2n) is 7.55. The molecule has 0 aliphatic carbocycles. The van der Waals surface area contributed by atoms with E-state index in [4.69, 9.17) is 4.74 Å². The number of hydrogen-bond donors (Lipinski definition) is 0. The van der Waals surface area contributed by atoms with Crippen molar-refractivity contribution < 1.29 is 9.53 Å². The predicted molar refractivity (Wildman–Crippen MR) is 112 cm³/mol. The fraction of sp³-hybridized carbons (Fsp3) is 0.348. The SMILES string of the molecule is COc1ccc(C(=O)N2CCCC(Cn3c(C)cnc3-c3ccccc3)C2)cn1. The molecule has 1 aromatic carbocycles. The second-order valence-corrected chi connectivity index (χ2v) is 7.55. The second kappa shape index (κ2) is 8.47. The van der Waals surface area contributed by atoms with Gasteiger partial charge in [0, 0.05) is 49.4 Å². The highest BCUT2D eigenvalue weighted by Crippen LogP contribution is 2.25. The van der Waals surface area contributed by atoms with Crippen molar-refractivity contribution in [2.45, 2.75) is 26.3 Å². The molecular formula is C23H26N4O2. The number of nitrogens with zero attached hydrogens (tertiary/aromatic N) is 4. The van der Waals surface area contributed by atoms with Crippen molar-refractivity contribution in [2.24, 2.45) is 5.92 Å². The molecule has 0 bridgehead atoms. The summed E-state index contributed by atoms with van der Waals surface area (Å²) in [5, 5.41) is 0. The van der Waals surface area contributed by atoms with Crippen molar-refractivity contribution >= 4 is 5.91 Å². The molecule has 1 aliphatic heterocycles. The fourth-order valence-corrected chi connectivity index (χ4v) is 3.98. The highest BCUT2D eigenvalue weighted by Gasteiger charge is 2.26. The summed E-state index contributed by atoms with van der Waals surface area (Å²) in [6.45, 7) is 4.49. The van der Waals surface area contributed by atoms with Crippen LogP contribution in [-0.4, -0.2) is 45.5 Å². The number of carbonyl (C=O) groups is 1. The number of methoxy groups -OCH3 is 1.